The second kappa shape index (κ2) is 8.37. The first-order chi connectivity index (χ1) is 17.4. The Kier molecular flexibility index (Phi) is 5.14. The third-order valence-corrected chi connectivity index (χ3v) is 7.19. The first kappa shape index (κ1) is 22.1. The number of amides is 2. The van der Waals surface area contributed by atoms with Crippen molar-refractivity contribution in [2.24, 2.45) is 0 Å². The highest BCUT2D eigenvalue weighted by molar-refractivity contribution is 6.09. The summed E-state index contributed by atoms with van der Waals surface area (Å²) in [6.45, 7) is 2.65. The average Bonchev–Trinajstić information content (AvgIpc) is 3.46. The maximum absolute atomic E-state index is 13.3. The molecule has 0 aliphatic carbocycles. The van der Waals surface area contributed by atoms with Crippen LogP contribution in [-0.4, -0.2) is 30.0 Å². The third-order valence-electron chi connectivity index (χ3n) is 7.19. The van der Waals surface area contributed by atoms with Crippen LogP contribution in [0.5, 0.6) is 5.75 Å². The minimum absolute atomic E-state index is 0.111. The average molecular weight is 480 g/mol. The van der Waals surface area contributed by atoms with Gasteiger partial charge in [0, 0.05) is 41.1 Å². The molecular weight excluding hydrogens is 454 g/mol. The minimum atomic E-state index is -0.457. The lowest BCUT2D eigenvalue weighted by Gasteiger charge is -2.18. The number of benzene rings is 3. The van der Waals surface area contributed by atoms with Crippen molar-refractivity contribution in [3.05, 3.63) is 99.3 Å². The Morgan fingerprint density at radius 2 is 1.83 bits per heavy atom. The highest BCUT2D eigenvalue weighted by Crippen LogP contribution is 2.33. The Morgan fingerprint density at radius 1 is 1.03 bits per heavy atom. The summed E-state index contributed by atoms with van der Waals surface area (Å²) >= 11 is 0. The number of para-hydroxylation sites is 1. The predicted molar refractivity (Wildman–Crippen MR) is 139 cm³/mol. The van der Waals surface area contributed by atoms with Crippen molar-refractivity contribution in [1.29, 1.82) is 0 Å². The summed E-state index contributed by atoms with van der Waals surface area (Å²) in [6, 6.07) is 18.4. The normalized spacial score (nSPS) is 15.7. The van der Waals surface area contributed by atoms with Crippen molar-refractivity contribution >= 4 is 34.1 Å². The largest absolute Gasteiger partial charge is 0.497 e. The third kappa shape index (κ3) is 3.47. The number of fused-ring (bicyclic) bond motifs is 1. The Balaban J connectivity index is 1.30. The molecule has 0 fully saturated rings. The van der Waals surface area contributed by atoms with Crippen molar-refractivity contribution in [1.82, 2.24) is 4.57 Å². The molecule has 1 atom stereocenters. The second-order valence-corrected chi connectivity index (χ2v) is 9.38. The van der Waals surface area contributed by atoms with Gasteiger partial charge >= 0.3 is 0 Å². The molecule has 0 unspecified atom stereocenters. The number of carbonyl (C=O) groups excluding carboxylic acids is 2. The lowest BCUT2D eigenvalue weighted by molar-refractivity contribution is 0.0988. The summed E-state index contributed by atoms with van der Waals surface area (Å²) < 4.78 is 7.21. The quantitative estimate of drug-likeness (QED) is 0.465. The van der Waals surface area contributed by atoms with E-state index in [1.807, 2.05) is 28.8 Å². The molecule has 2 aliphatic heterocycles. The number of hydrogen-bond acceptors (Lipinski definition) is 4. The van der Waals surface area contributed by atoms with Crippen molar-refractivity contribution in [2.45, 2.75) is 25.8 Å². The molecule has 1 aromatic heterocycles. The summed E-state index contributed by atoms with van der Waals surface area (Å²) in [5, 5.41) is 3.45. The van der Waals surface area contributed by atoms with E-state index in [1.54, 1.807) is 54.6 Å². The topological polar surface area (TPSA) is 80.6 Å². The van der Waals surface area contributed by atoms with Gasteiger partial charge in [-0.1, -0.05) is 18.2 Å². The van der Waals surface area contributed by atoms with Gasteiger partial charge in [-0.15, -0.1) is 0 Å². The summed E-state index contributed by atoms with van der Waals surface area (Å²) in [5.41, 5.74) is 4.79. The van der Waals surface area contributed by atoms with Crippen LogP contribution in [0.1, 0.15) is 44.8 Å². The Morgan fingerprint density at radius 3 is 2.61 bits per heavy atom. The van der Waals surface area contributed by atoms with Gasteiger partial charge in [0.05, 0.1) is 12.6 Å². The summed E-state index contributed by atoms with van der Waals surface area (Å²) in [5.74, 6) is 0.119. The number of ether oxygens (including phenoxy) is 1. The molecule has 1 N–H and O–H groups in total. The van der Waals surface area contributed by atoms with Crippen LogP contribution in [0.15, 0.2) is 71.7 Å². The van der Waals surface area contributed by atoms with E-state index < -0.39 is 5.91 Å². The van der Waals surface area contributed by atoms with Gasteiger partial charge in [-0.3, -0.25) is 14.4 Å². The van der Waals surface area contributed by atoms with Gasteiger partial charge in [-0.25, -0.2) is 0 Å². The maximum atomic E-state index is 13.3. The molecule has 0 saturated heterocycles. The molecule has 2 amide bonds. The first-order valence-corrected chi connectivity index (χ1v) is 12.0. The summed E-state index contributed by atoms with van der Waals surface area (Å²) in [6.07, 6.45) is 3.25. The van der Waals surface area contributed by atoms with Gasteiger partial charge in [0.1, 0.15) is 11.3 Å². The van der Waals surface area contributed by atoms with Crippen LogP contribution in [0, 0.1) is 0 Å². The Labute approximate surface area is 207 Å². The zero-order valence-electron chi connectivity index (χ0n) is 20.1. The Bertz CT molecular complexity index is 1600. The molecular formula is C29H25N3O4. The van der Waals surface area contributed by atoms with Gasteiger partial charge in [0.15, 0.2) is 0 Å². The number of hydrogen-bond donors (Lipinski definition) is 1. The van der Waals surface area contributed by atoms with E-state index in [1.165, 1.54) is 0 Å². The van der Waals surface area contributed by atoms with Gasteiger partial charge in [0.25, 0.3) is 11.8 Å². The van der Waals surface area contributed by atoms with Crippen molar-refractivity contribution in [2.75, 3.05) is 23.9 Å². The summed E-state index contributed by atoms with van der Waals surface area (Å²) in [4.78, 5) is 41.4. The van der Waals surface area contributed by atoms with E-state index in [2.05, 4.69) is 12.2 Å². The van der Waals surface area contributed by atoms with Crippen LogP contribution in [0.4, 0.5) is 11.4 Å². The minimum Gasteiger partial charge on any atom is -0.497 e. The van der Waals surface area contributed by atoms with E-state index in [9.17, 15) is 14.4 Å². The van der Waals surface area contributed by atoms with E-state index in [0.717, 1.165) is 35.2 Å². The van der Waals surface area contributed by atoms with Crippen molar-refractivity contribution in [3.8, 4) is 5.75 Å². The Hall–Kier alpha value is -4.39. The number of carbonyl (C=O) groups is 2. The van der Waals surface area contributed by atoms with Crippen LogP contribution in [-0.2, 0) is 12.8 Å². The number of anilines is 2. The van der Waals surface area contributed by atoms with E-state index in [4.69, 9.17) is 4.74 Å². The van der Waals surface area contributed by atoms with Crippen LogP contribution in [0.25, 0.3) is 10.9 Å². The molecule has 4 aromatic rings. The van der Waals surface area contributed by atoms with Gasteiger partial charge in [-0.05, 0) is 73.4 Å². The highest BCUT2D eigenvalue weighted by Gasteiger charge is 2.27. The number of rotatable bonds is 4. The number of methoxy groups -OCH3 is 1. The SMILES string of the molecule is COc1ccc(C(=O)N2CCc3ccc(NC(=O)c4cn5c6c(cccc6c4=O)C[C@H]5C)cc32)cc1. The van der Waals surface area contributed by atoms with Gasteiger partial charge in [-0.2, -0.15) is 0 Å². The lowest BCUT2D eigenvalue weighted by Crippen LogP contribution is -2.29. The molecule has 6 rings (SSSR count). The molecule has 0 bridgehead atoms. The molecule has 180 valence electrons. The van der Waals surface area contributed by atoms with Crippen LogP contribution in [0.2, 0.25) is 0 Å². The number of pyridine rings is 1. The zero-order chi connectivity index (χ0) is 25.0. The fourth-order valence-electron chi connectivity index (χ4n) is 5.33. The molecule has 7 heteroatoms. The molecule has 0 radical (unpaired) electrons. The molecule has 7 nitrogen and oxygen atoms in total. The maximum Gasteiger partial charge on any atom is 0.261 e. The molecule has 36 heavy (non-hydrogen) atoms. The molecule has 3 aromatic carbocycles. The van der Waals surface area contributed by atoms with Crippen molar-refractivity contribution in [3.63, 3.8) is 0 Å². The van der Waals surface area contributed by atoms with Crippen LogP contribution >= 0.6 is 0 Å². The van der Waals surface area contributed by atoms with Crippen LogP contribution < -0.4 is 20.4 Å². The zero-order valence-corrected chi connectivity index (χ0v) is 20.1. The molecule has 3 heterocycles. The number of nitrogens with one attached hydrogen (secondary N) is 1. The predicted octanol–water partition coefficient (Wildman–Crippen LogP) is 4.58. The van der Waals surface area contributed by atoms with E-state index in [-0.39, 0.29) is 22.9 Å². The van der Waals surface area contributed by atoms with Gasteiger partial charge < -0.3 is 19.5 Å². The fourth-order valence-corrected chi connectivity index (χ4v) is 5.33. The van der Waals surface area contributed by atoms with E-state index in [0.29, 0.717) is 28.9 Å². The first-order valence-electron chi connectivity index (χ1n) is 12.0. The molecule has 0 saturated carbocycles. The number of aromatic nitrogens is 1. The van der Waals surface area contributed by atoms with Crippen LogP contribution in [0.3, 0.4) is 0 Å². The number of nitrogens with zero attached hydrogens (tertiary/aromatic N) is 2. The summed E-state index contributed by atoms with van der Waals surface area (Å²) in [7, 11) is 1.59. The fraction of sp³-hybridized carbons (Fsp3) is 0.207. The lowest BCUT2D eigenvalue weighted by atomic mass is 10.1. The standard InChI is InChI=1S/C29H25N3O4/c1-17-14-20-4-3-5-23-26(20)32(17)16-24(27(23)33)28(34)30-21-9-6-18-12-13-31(25(18)15-21)29(35)19-7-10-22(36-2)11-8-19/h3-11,15-17H,12-14H2,1-2H3,(H,30,34)/t17-/m1/s1. The second-order valence-electron chi connectivity index (χ2n) is 9.38. The van der Waals surface area contributed by atoms with E-state index >= 15 is 0 Å². The smallest absolute Gasteiger partial charge is 0.261 e. The monoisotopic (exact) mass is 479 g/mol. The molecule has 0 spiro atoms. The molecule has 2 aliphatic rings. The van der Waals surface area contributed by atoms with Gasteiger partial charge in [0.2, 0.25) is 5.43 Å². The van der Waals surface area contributed by atoms with Crippen molar-refractivity contribution < 1.29 is 14.3 Å². The highest BCUT2D eigenvalue weighted by atomic mass is 16.5.